The molecule has 2 fully saturated rings. The molecule has 0 aromatic carbocycles. The lowest BCUT2D eigenvalue weighted by Gasteiger charge is -2.41. The maximum atomic E-state index is 9.40. The number of anilines is 1. The lowest BCUT2D eigenvalue weighted by molar-refractivity contribution is 0.202. The first-order valence-electron chi connectivity index (χ1n) is 7.66. The number of thiazole rings is 1. The van der Waals surface area contributed by atoms with E-state index in [0.717, 1.165) is 40.5 Å². The summed E-state index contributed by atoms with van der Waals surface area (Å²) in [4.78, 5) is 8.27. The van der Waals surface area contributed by atoms with Gasteiger partial charge in [-0.3, -0.25) is 0 Å². The lowest BCUT2D eigenvalue weighted by atomic mass is 9.75. The molecule has 19 heavy (non-hydrogen) atoms. The molecule has 1 N–H and O–H groups in total. The van der Waals surface area contributed by atoms with Gasteiger partial charge in [-0.05, 0) is 31.1 Å². The number of nitrogens with zero attached hydrogens (tertiary/aromatic N) is 2. The fourth-order valence-electron chi connectivity index (χ4n) is 3.68. The van der Waals surface area contributed by atoms with Crippen LogP contribution in [-0.2, 0) is 13.0 Å². The van der Waals surface area contributed by atoms with Gasteiger partial charge in [0.05, 0.1) is 17.2 Å². The summed E-state index contributed by atoms with van der Waals surface area (Å²) < 4.78 is 0. The van der Waals surface area contributed by atoms with Crippen LogP contribution < -0.4 is 4.90 Å². The maximum Gasteiger partial charge on any atom is 0.185 e. The van der Waals surface area contributed by atoms with Gasteiger partial charge in [0.1, 0.15) is 0 Å². The zero-order valence-electron chi connectivity index (χ0n) is 11.8. The molecule has 3 nitrogen and oxygen atoms in total. The molecule has 2 heterocycles. The first kappa shape index (κ1) is 13.4. The summed E-state index contributed by atoms with van der Waals surface area (Å²) >= 11 is 1.69. The average Bonchev–Trinajstić information content (AvgIpc) is 2.90. The highest BCUT2D eigenvalue weighted by Crippen LogP contribution is 2.38. The molecule has 3 rings (SSSR count). The van der Waals surface area contributed by atoms with Crippen molar-refractivity contribution < 1.29 is 5.11 Å². The Balaban J connectivity index is 1.73. The number of aromatic nitrogens is 1. The Morgan fingerprint density at radius 2 is 2.05 bits per heavy atom. The number of piperidine rings is 1. The monoisotopic (exact) mass is 280 g/mol. The molecular weight excluding hydrogens is 256 g/mol. The Labute approximate surface area is 119 Å². The Bertz CT molecular complexity index is 410. The van der Waals surface area contributed by atoms with E-state index in [-0.39, 0.29) is 6.61 Å². The van der Waals surface area contributed by atoms with Crippen molar-refractivity contribution >= 4 is 16.5 Å². The quantitative estimate of drug-likeness (QED) is 0.923. The second kappa shape index (κ2) is 5.80. The summed E-state index contributed by atoms with van der Waals surface area (Å²) in [5.41, 5.74) is 1.09. The van der Waals surface area contributed by atoms with Gasteiger partial charge >= 0.3 is 0 Å². The van der Waals surface area contributed by atoms with Crippen molar-refractivity contribution in [1.29, 1.82) is 0 Å². The van der Waals surface area contributed by atoms with Crippen LogP contribution in [0.15, 0.2) is 0 Å². The number of aryl methyl sites for hydroxylation is 1. The van der Waals surface area contributed by atoms with E-state index in [2.05, 4.69) is 11.8 Å². The SMILES string of the molecule is CCc1nc(N2CCC3CCCCC3C2)sc1CO. The highest BCUT2D eigenvalue weighted by Gasteiger charge is 2.32. The van der Waals surface area contributed by atoms with Crippen LogP contribution in [0.5, 0.6) is 0 Å². The van der Waals surface area contributed by atoms with Crippen LogP contribution in [0.3, 0.4) is 0 Å². The third-order valence-electron chi connectivity index (χ3n) is 4.81. The Kier molecular flexibility index (Phi) is 4.08. The minimum absolute atomic E-state index is 0.140. The van der Waals surface area contributed by atoms with Gasteiger partial charge < -0.3 is 10.0 Å². The number of fused-ring (bicyclic) bond motifs is 1. The smallest absolute Gasteiger partial charge is 0.185 e. The predicted molar refractivity (Wildman–Crippen MR) is 79.7 cm³/mol. The van der Waals surface area contributed by atoms with E-state index >= 15 is 0 Å². The summed E-state index contributed by atoms with van der Waals surface area (Å²) in [6.45, 7) is 4.60. The second-order valence-electron chi connectivity index (χ2n) is 5.92. The number of rotatable bonds is 3. The van der Waals surface area contributed by atoms with Crippen molar-refractivity contribution in [3.05, 3.63) is 10.6 Å². The molecule has 2 unspecified atom stereocenters. The van der Waals surface area contributed by atoms with Crippen molar-refractivity contribution in [2.45, 2.75) is 52.1 Å². The van der Waals surface area contributed by atoms with Gasteiger partial charge in [0.25, 0.3) is 0 Å². The van der Waals surface area contributed by atoms with Crippen molar-refractivity contribution in [1.82, 2.24) is 4.98 Å². The zero-order valence-corrected chi connectivity index (χ0v) is 12.6. The first-order chi connectivity index (χ1) is 9.31. The summed E-state index contributed by atoms with van der Waals surface area (Å²) in [5, 5.41) is 10.5. The third kappa shape index (κ3) is 2.65. The third-order valence-corrected chi connectivity index (χ3v) is 5.95. The van der Waals surface area contributed by atoms with Crippen LogP contribution in [-0.4, -0.2) is 23.2 Å². The maximum absolute atomic E-state index is 9.40. The summed E-state index contributed by atoms with van der Waals surface area (Å²) in [6.07, 6.45) is 7.95. The van der Waals surface area contributed by atoms with Crippen LogP contribution >= 0.6 is 11.3 Å². The molecule has 1 aromatic heterocycles. The summed E-state index contributed by atoms with van der Waals surface area (Å²) in [7, 11) is 0. The van der Waals surface area contributed by atoms with Gasteiger partial charge in [0, 0.05) is 13.1 Å². The topological polar surface area (TPSA) is 36.4 Å². The molecule has 2 atom stereocenters. The molecule has 0 radical (unpaired) electrons. The van der Waals surface area contributed by atoms with E-state index < -0.39 is 0 Å². The predicted octanol–water partition coefficient (Wildman–Crippen LogP) is 3.21. The van der Waals surface area contributed by atoms with Crippen LogP contribution in [0.25, 0.3) is 0 Å². The molecule has 0 bridgehead atoms. The average molecular weight is 280 g/mol. The van der Waals surface area contributed by atoms with E-state index in [4.69, 9.17) is 4.98 Å². The van der Waals surface area contributed by atoms with Gasteiger partial charge in [0.2, 0.25) is 0 Å². The Hall–Kier alpha value is -0.610. The van der Waals surface area contributed by atoms with Gasteiger partial charge in [-0.1, -0.05) is 37.5 Å². The van der Waals surface area contributed by atoms with Crippen molar-refractivity contribution in [2.24, 2.45) is 11.8 Å². The van der Waals surface area contributed by atoms with E-state index in [9.17, 15) is 5.11 Å². The molecule has 1 aliphatic heterocycles. The van der Waals surface area contributed by atoms with Crippen LogP contribution in [0.4, 0.5) is 5.13 Å². The highest BCUT2D eigenvalue weighted by atomic mass is 32.1. The Morgan fingerprint density at radius 3 is 2.74 bits per heavy atom. The number of aliphatic hydroxyl groups excluding tert-OH is 1. The number of hydrogen-bond acceptors (Lipinski definition) is 4. The highest BCUT2D eigenvalue weighted by molar-refractivity contribution is 7.15. The standard InChI is InChI=1S/C15H24N2OS/c1-2-13-14(10-18)19-15(16-13)17-8-7-11-5-3-4-6-12(11)9-17/h11-12,18H,2-10H2,1H3. The molecule has 1 saturated carbocycles. The molecule has 2 aliphatic rings. The second-order valence-corrected chi connectivity index (χ2v) is 6.98. The van der Waals surface area contributed by atoms with Crippen molar-refractivity contribution in [2.75, 3.05) is 18.0 Å². The normalized spacial score (nSPS) is 27.4. The fraction of sp³-hybridized carbons (Fsp3) is 0.800. The van der Waals surface area contributed by atoms with Gasteiger partial charge in [0.15, 0.2) is 5.13 Å². The van der Waals surface area contributed by atoms with Crippen molar-refractivity contribution in [3.8, 4) is 0 Å². The van der Waals surface area contributed by atoms with E-state index in [0.29, 0.717) is 0 Å². The summed E-state index contributed by atoms with van der Waals surface area (Å²) in [6, 6.07) is 0. The fourth-order valence-corrected chi connectivity index (χ4v) is 4.72. The van der Waals surface area contributed by atoms with Crippen LogP contribution in [0, 0.1) is 11.8 Å². The van der Waals surface area contributed by atoms with Crippen molar-refractivity contribution in [3.63, 3.8) is 0 Å². The van der Waals surface area contributed by atoms with Gasteiger partial charge in [-0.25, -0.2) is 4.98 Å². The molecule has 1 aliphatic carbocycles. The molecule has 4 heteroatoms. The first-order valence-corrected chi connectivity index (χ1v) is 8.47. The molecule has 1 saturated heterocycles. The van der Waals surface area contributed by atoms with E-state index in [1.165, 1.54) is 38.6 Å². The van der Waals surface area contributed by atoms with Crippen LogP contribution in [0.2, 0.25) is 0 Å². The molecule has 1 aromatic rings. The Morgan fingerprint density at radius 1 is 1.26 bits per heavy atom. The van der Waals surface area contributed by atoms with E-state index in [1.807, 2.05) is 0 Å². The minimum atomic E-state index is 0.140. The number of hydrogen-bond donors (Lipinski definition) is 1. The molecule has 106 valence electrons. The zero-order chi connectivity index (χ0) is 13.2. The van der Waals surface area contributed by atoms with Crippen LogP contribution in [0.1, 0.15) is 49.6 Å². The molecule has 0 spiro atoms. The van der Waals surface area contributed by atoms with E-state index in [1.54, 1.807) is 11.3 Å². The largest absolute Gasteiger partial charge is 0.391 e. The lowest BCUT2D eigenvalue weighted by Crippen LogP contribution is -2.41. The molecular formula is C15H24N2OS. The molecule has 0 amide bonds. The minimum Gasteiger partial charge on any atom is -0.391 e. The van der Waals surface area contributed by atoms with Gasteiger partial charge in [-0.15, -0.1) is 0 Å². The van der Waals surface area contributed by atoms with Gasteiger partial charge in [-0.2, -0.15) is 0 Å². The number of aliphatic hydroxyl groups is 1. The summed E-state index contributed by atoms with van der Waals surface area (Å²) in [5.74, 6) is 1.85.